The van der Waals surface area contributed by atoms with Crippen LogP contribution in [-0.2, 0) is 23.2 Å². The van der Waals surface area contributed by atoms with Crippen molar-refractivity contribution in [2.75, 3.05) is 0 Å². The molecule has 1 aromatic heterocycles. The number of hydrogen-bond acceptors (Lipinski definition) is 4. The van der Waals surface area contributed by atoms with Crippen molar-refractivity contribution in [2.24, 2.45) is 12.8 Å². The van der Waals surface area contributed by atoms with Crippen LogP contribution in [0.1, 0.15) is 18.4 Å². The van der Waals surface area contributed by atoms with Crippen LogP contribution >= 0.6 is 0 Å². The molecule has 0 aliphatic carbocycles. The Morgan fingerprint density at radius 2 is 2.35 bits per heavy atom. The highest BCUT2D eigenvalue weighted by Crippen LogP contribution is 1.98. The van der Waals surface area contributed by atoms with Crippen LogP contribution in [0.3, 0.4) is 0 Å². The molecule has 0 aliphatic heterocycles. The van der Waals surface area contributed by atoms with Crippen molar-refractivity contribution in [3.63, 3.8) is 0 Å². The zero-order chi connectivity index (χ0) is 12.8. The molecule has 1 heterocycles. The number of nitrogens with zero attached hydrogens (tertiary/aromatic N) is 2. The molecule has 7 nitrogen and oxygen atoms in total. The standard InChI is InChI=1S/C10H16N4O3/c1-14-6-7(5-13-14)4-12-10(17)8(11)2-3-9(15)16/h5-6,8H,2-4,11H2,1H3,(H,12,17)(H,15,16). The van der Waals surface area contributed by atoms with Crippen molar-refractivity contribution in [2.45, 2.75) is 25.4 Å². The van der Waals surface area contributed by atoms with E-state index in [2.05, 4.69) is 10.4 Å². The molecule has 0 saturated carbocycles. The van der Waals surface area contributed by atoms with Gasteiger partial charge in [-0.2, -0.15) is 5.10 Å². The Balaban J connectivity index is 2.31. The fraction of sp³-hybridized carbons (Fsp3) is 0.500. The molecule has 7 heteroatoms. The van der Waals surface area contributed by atoms with Gasteiger partial charge in [0.05, 0.1) is 12.2 Å². The Kier molecular flexibility index (Phi) is 4.65. The Labute approximate surface area is 98.6 Å². The summed E-state index contributed by atoms with van der Waals surface area (Å²) < 4.78 is 1.63. The lowest BCUT2D eigenvalue weighted by Crippen LogP contribution is -2.40. The molecule has 1 amide bonds. The van der Waals surface area contributed by atoms with E-state index in [0.717, 1.165) is 5.56 Å². The second-order valence-corrected chi connectivity index (χ2v) is 3.78. The van der Waals surface area contributed by atoms with Gasteiger partial charge in [0.1, 0.15) is 0 Å². The molecule has 4 N–H and O–H groups in total. The van der Waals surface area contributed by atoms with Gasteiger partial charge < -0.3 is 16.2 Å². The van der Waals surface area contributed by atoms with Crippen LogP contribution in [0.15, 0.2) is 12.4 Å². The van der Waals surface area contributed by atoms with Crippen molar-refractivity contribution in [3.05, 3.63) is 18.0 Å². The van der Waals surface area contributed by atoms with Crippen LogP contribution in [0.5, 0.6) is 0 Å². The molecule has 1 aromatic rings. The third kappa shape index (κ3) is 4.64. The van der Waals surface area contributed by atoms with Gasteiger partial charge in [0.2, 0.25) is 5.91 Å². The van der Waals surface area contributed by atoms with E-state index in [4.69, 9.17) is 10.8 Å². The molecule has 94 valence electrons. The van der Waals surface area contributed by atoms with Crippen LogP contribution in [0.2, 0.25) is 0 Å². The predicted molar refractivity (Wildman–Crippen MR) is 59.9 cm³/mol. The fourth-order valence-corrected chi connectivity index (χ4v) is 1.29. The third-order valence-electron chi connectivity index (χ3n) is 2.23. The smallest absolute Gasteiger partial charge is 0.303 e. The van der Waals surface area contributed by atoms with Crippen LogP contribution in [0, 0.1) is 0 Å². The average molecular weight is 240 g/mol. The highest BCUT2D eigenvalue weighted by atomic mass is 16.4. The maximum atomic E-state index is 11.5. The van der Waals surface area contributed by atoms with Gasteiger partial charge in [0, 0.05) is 31.8 Å². The fourth-order valence-electron chi connectivity index (χ4n) is 1.29. The largest absolute Gasteiger partial charge is 0.481 e. The molecule has 17 heavy (non-hydrogen) atoms. The summed E-state index contributed by atoms with van der Waals surface area (Å²) in [6.07, 6.45) is 3.45. The quantitative estimate of drug-likeness (QED) is 0.604. The molecule has 1 rings (SSSR count). The first kappa shape index (κ1) is 13.2. The molecule has 0 bridgehead atoms. The number of nitrogens with one attached hydrogen (secondary N) is 1. The summed E-state index contributed by atoms with van der Waals surface area (Å²) in [6.45, 7) is 0.341. The van der Waals surface area contributed by atoms with Gasteiger partial charge in [-0.15, -0.1) is 0 Å². The summed E-state index contributed by atoms with van der Waals surface area (Å²) in [4.78, 5) is 21.8. The number of aliphatic carboxylic acids is 1. The number of nitrogens with two attached hydrogens (primary N) is 1. The number of carbonyl (C=O) groups excluding carboxylic acids is 1. The normalized spacial score (nSPS) is 12.1. The van der Waals surface area contributed by atoms with Gasteiger partial charge in [-0.3, -0.25) is 14.3 Å². The highest BCUT2D eigenvalue weighted by molar-refractivity contribution is 5.82. The highest BCUT2D eigenvalue weighted by Gasteiger charge is 2.14. The molecule has 0 aromatic carbocycles. The van der Waals surface area contributed by atoms with Crippen LogP contribution in [0.4, 0.5) is 0 Å². The van der Waals surface area contributed by atoms with Gasteiger partial charge in [0.15, 0.2) is 0 Å². The van der Waals surface area contributed by atoms with Crippen molar-refractivity contribution in [1.29, 1.82) is 0 Å². The number of aryl methyl sites for hydroxylation is 1. The topological polar surface area (TPSA) is 110 Å². The van der Waals surface area contributed by atoms with Crippen LogP contribution in [-0.4, -0.2) is 32.8 Å². The molecular weight excluding hydrogens is 224 g/mol. The van der Waals surface area contributed by atoms with E-state index in [0.29, 0.717) is 6.54 Å². The van der Waals surface area contributed by atoms with E-state index in [-0.39, 0.29) is 18.7 Å². The predicted octanol–water partition coefficient (Wildman–Crippen LogP) is -0.772. The van der Waals surface area contributed by atoms with Gasteiger partial charge in [-0.05, 0) is 6.42 Å². The Hall–Kier alpha value is -1.89. The number of amides is 1. The van der Waals surface area contributed by atoms with E-state index in [1.807, 2.05) is 0 Å². The molecule has 0 saturated heterocycles. The number of carboxylic acids is 1. The minimum absolute atomic E-state index is 0.110. The molecule has 0 radical (unpaired) electrons. The number of aromatic nitrogens is 2. The minimum Gasteiger partial charge on any atom is -0.481 e. The van der Waals surface area contributed by atoms with E-state index in [9.17, 15) is 9.59 Å². The number of rotatable bonds is 6. The zero-order valence-electron chi connectivity index (χ0n) is 9.59. The number of carbonyl (C=O) groups is 2. The van der Waals surface area contributed by atoms with E-state index >= 15 is 0 Å². The van der Waals surface area contributed by atoms with Gasteiger partial charge >= 0.3 is 5.97 Å². The number of hydrogen-bond donors (Lipinski definition) is 3. The van der Waals surface area contributed by atoms with Crippen molar-refractivity contribution < 1.29 is 14.7 Å². The summed E-state index contributed by atoms with van der Waals surface area (Å²) in [7, 11) is 1.78. The van der Waals surface area contributed by atoms with E-state index in [1.54, 1.807) is 24.1 Å². The first-order valence-corrected chi connectivity index (χ1v) is 5.21. The van der Waals surface area contributed by atoms with E-state index < -0.39 is 12.0 Å². The van der Waals surface area contributed by atoms with Crippen molar-refractivity contribution in [3.8, 4) is 0 Å². The van der Waals surface area contributed by atoms with Gasteiger partial charge in [-0.25, -0.2) is 0 Å². The first-order chi connectivity index (χ1) is 7.99. The minimum atomic E-state index is -0.958. The molecule has 1 atom stereocenters. The summed E-state index contributed by atoms with van der Waals surface area (Å²) in [6, 6.07) is -0.789. The Bertz CT molecular complexity index is 402. The van der Waals surface area contributed by atoms with E-state index in [1.165, 1.54) is 0 Å². The summed E-state index contributed by atoms with van der Waals surface area (Å²) >= 11 is 0. The molecule has 0 spiro atoms. The molecule has 0 aliphatic rings. The Morgan fingerprint density at radius 1 is 1.65 bits per heavy atom. The van der Waals surface area contributed by atoms with Crippen molar-refractivity contribution >= 4 is 11.9 Å². The second kappa shape index (κ2) is 6.00. The molecule has 0 fully saturated rings. The SMILES string of the molecule is Cn1cc(CNC(=O)C(N)CCC(=O)O)cn1. The van der Waals surface area contributed by atoms with Gasteiger partial charge in [0.25, 0.3) is 0 Å². The molecule has 1 unspecified atom stereocenters. The summed E-state index contributed by atoms with van der Waals surface area (Å²) in [5, 5.41) is 15.0. The number of carboxylic acid groups (broad SMARTS) is 1. The second-order valence-electron chi connectivity index (χ2n) is 3.78. The summed E-state index contributed by atoms with van der Waals surface area (Å²) in [5.74, 6) is -1.31. The van der Waals surface area contributed by atoms with Crippen LogP contribution < -0.4 is 11.1 Å². The first-order valence-electron chi connectivity index (χ1n) is 5.21. The zero-order valence-corrected chi connectivity index (χ0v) is 9.59. The lowest BCUT2D eigenvalue weighted by Gasteiger charge is -2.10. The maximum absolute atomic E-state index is 11.5. The molecular formula is C10H16N4O3. The van der Waals surface area contributed by atoms with Gasteiger partial charge in [-0.1, -0.05) is 0 Å². The summed E-state index contributed by atoms with van der Waals surface area (Å²) in [5.41, 5.74) is 6.41. The lowest BCUT2D eigenvalue weighted by molar-refractivity contribution is -0.137. The average Bonchev–Trinajstić information content (AvgIpc) is 2.68. The third-order valence-corrected chi connectivity index (χ3v) is 2.23. The Morgan fingerprint density at radius 3 is 2.88 bits per heavy atom. The maximum Gasteiger partial charge on any atom is 0.303 e. The van der Waals surface area contributed by atoms with Crippen molar-refractivity contribution in [1.82, 2.24) is 15.1 Å². The monoisotopic (exact) mass is 240 g/mol. The van der Waals surface area contributed by atoms with Crippen LogP contribution in [0.25, 0.3) is 0 Å². The lowest BCUT2D eigenvalue weighted by atomic mass is 10.1.